The Morgan fingerprint density at radius 2 is 2.06 bits per heavy atom. The molecule has 6 heteroatoms. The summed E-state index contributed by atoms with van der Waals surface area (Å²) in [6, 6.07) is 3.39. The molecule has 4 nitrogen and oxygen atoms in total. The second-order valence-corrected chi connectivity index (χ2v) is 4.90. The van der Waals surface area contributed by atoms with Crippen molar-refractivity contribution in [3.8, 4) is 0 Å². The zero-order valence-corrected chi connectivity index (χ0v) is 10.7. The minimum absolute atomic E-state index is 0.0133. The molecule has 0 aliphatic heterocycles. The number of hydrogen-bond acceptors (Lipinski definition) is 2. The minimum atomic E-state index is -1.08. The highest BCUT2D eigenvalue weighted by Crippen LogP contribution is 2.18. The molecule has 0 saturated carbocycles. The van der Waals surface area contributed by atoms with E-state index in [1.165, 1.54) is 19.9 Å². The summed E-state index contributed by atoms with van der Waals surface area (Å²) in [5.41, 5.74) is -0.971. The zero-order valence-electron chi connectivity index (χ0n) is 9.96. The van der Waals surface area contributed by atoms with Gasteiger partial charge in [0.15, 0.2) is 0 Å². The Bertz CT molecular complexity index is 488. The summed E-state index contributed by atoms with van der Waals surface area (Å²) in [7, 11) is 0. The van der Waals surface area contributed by atoms with Crippen molar-refractivity contribution in [2.24, 2.45) is 5.41 Å². The second kappa shape index (κ2) is 5.35. The number of carboxylic acid groups (broad SMARTS) is 1. The van der Waals surface area contributed by atoms with Gasteiger partial charge in [-0.25, -0.2) is 4.39 Å². The summed E-state index contributed by atoms with van der Waals surface area (Å²) in [6.07, 6.45) is 0. The maximum absolute atomic E-state index is 12.8. The fourth-order valence-corrected chi connectivity index (χ4v) is 1.40. The molecule has 0 aliphatic carbocycles. The maximum atomic E-state index is 12.8. The largest absolute Gasteiger partial charge is 0.481 e. The van der Waals surface area contributed by atoms with Crippen LogP contribution in [0.2, 0.25) is 5.02 Å². The Morgan fingerprint density at radius 3 is 2.56 bits per heavy atom. The molecule has 0 radical (unpaired) electrons. The number of benzene rings is 1. The van der Waals surface area contributed by atoms with E-state index in [-0.39, 0.29) is 17.1 Å². The molecule has 0 spiro atoms. The molecule has 1 aromatic carbocycles. The predicted molar refractivity (Wildman–Crippen MR) is 65.2 cm³/mol. The van der Waals surface area contributed by atoms with Crippen LogP contribution in [-0.4, -0.2) is 23.5 Å². The van der Waals surface area contributed by atoms with E-state index in [2.05, 4.69) is 5.32 Å². The Hall–Kier alpha value is -1.62. The standard InChI is InChI=1S/C12H13ClFNO3/c1-12(2,11(17)18)6-15-10(16)8-4-3-7(14)5-9(8)13/h3-5H,6H2,1-2H3,(H,15,16)(H,17,18). The number of carboxylic acids is 1. The van der Waals surface area contributed by atoms with Crippen LogP contribution in [0.1, 0.15) is 24.2 Å². The molecule has 0 aliphatic rings. The molecule has 18 heavy (non-hydrogen) atoms. The Morgan fingerprint density at radius 1 is 1.44 bits per heavy atom. The van der Waals surface area contributed by atoms with Crippen LogP contribution in [0.3, 0.4) is 0 Å². The van der Waals surface area contributed by atoms with E-state index in [0.29, 0.717) is 0 Å². The van der Waals surface area contributed by atoms with Gasteiger partial charge in [-0.3, -0.25) is 9.59 Å². The molecule has 98 valence electrons. The van der Waals surface area contributed by atoms with E-state index in [1.54, 1.807) is 0 Å². The molecular formula is C12H13ClFNO3. The van der Waals surface area contributed by atoms with Crippen molar-refractivity contribution < 1.29 is 19.1 Å². The summed E-state index contributed by atoms with van der Waals surface area (Å²) in [6.45, 7) is 2.93. The molecule has 2 N–H and O–H groups in total. The molecule has 0 heterocycles. The van der Waals surface area contributed by atoms with E-state index >= 15 is 0 Å². The van der Waals surface area contributed by atoms with Gasteiger partial charge in [-0.1, -0.05) is 11.6 Å². The average Bonchev–Trinajstić information content (AvgIpc) is 2.25. The number of aliphatic carboxylic acids is 1. The first-order valence-electron chi connectivity index (χ1n) is 5.20. The lowest BCUT2D eigenvalue weighted by Gasteiger charge is -2.19. The Labute approximate surface area is 109 Å². The molecule has 0 unspecified atom stereocenters. The lowest BCUT2D eigenvalue weighted by atomic mass is 9.94. The van der Waals surface area contributed by atoms with Gasteiger partial charge in [-0.15, -0.1) is 0 Å². The summed E-state index contributed by atoms with van der Waals surface area (Å²) in [5, 5.41) is 11.3. The fourth-order valence-electron chi connectivity index (χ4n) is 1.15. The molecule has 0 bridgehead atoms. The molecule has 1 rings (SSSR count). The third-order valence-corrected chi connectivity index (χ3v) is 2.76. The number of amides is 1. The normalized spacial score (nSPS) is 11.1. The van der Waals surface area contributed by atoms with Crippen molar-refractivity contribution in [1.82, 2.24) is 5.32 Å². The molecule has 1 amide bonds. The minimum Gasteiger partial charge on any atom is -0.481 e. The number of carbonyl (C=O) groups is 2. The van der Waals surface area contributed by atoms with Crippen molar-refractivity contribution in [2.45, 2.75) is 13.8 Å². The maximum Gasteiger partial charge on any atom is 0.310 e. The topological polar surface area (TPSA) is 66.4 Å². The number of carbonyl (C=O) groups excluding carboxylic acids is 1. The number of halogens is 2. The Balaban J connectivity index is 2.75. The zero-order chi connectivity index (χ0) is 13.9. The lowest BCUT2D eigenvalue weighted by molar-refractivity contribution is -0.146. The van der Waals surface area contributed by atoms with E-state index in [4.69, 9.17) is 16.7 Å². The van der Waals surface area contributed by atoms with Crippen LogP contribution in [0.4, 0.5) is 4.39 Å². The van der Waals surface area contributed by atoms with Gasteiger partial charge in [0, 0.05) is 6.54 Å². The van der Waals surface area contributed by atoms with Crippen molar-refractivity contribution in [3.63, 3.8) is 0 Å². The van der Waals surface area contributed by atoms with Gasteiger partial charge in [0.05, 0.1) is 16.0 Å². The van der Waals surface area contributed by atoms with Crippen LogP contribution < -0.4 is 5.32 Å². The van der Waals surface area contributed by atoms with Crippen molar-refractivity contribution in [3.05, 3.63) is 34.6 Å². The monoisotopic (exact) mass is 273 g/mol. The first-order chi connectivity index (χ1) is 8.24. The van der Waals surface area contributed by atoms with Gasteiger partial charge in [-0.2, -0.15) is 0 Å². The predicted octanol–water partition coefficient (Wildman–Crippen LogP) is 2.32. The molecule has 0 fully saturated rings. The molecular weight excluding hydrogens is 261 g/mol. The third kappa shape index (κ3) is 3.43. The molecule has 0 aromatic heterocycles. The van der Waals surface area contributed by atoms with E-state index < -0.39 is 23.1 Å². The van der Waals surface area contributed by atoms with Gasteiger partial charge >= 0.3 is 5.97 Å². The number of hydrogen-bond donors (Lipinski definition) is 2. The fraction of sp³-hybridized carbons (Fsp3) is 0.333. The van der Waals surface area contributed by atoms with Gasteiger partial charge in [-0.05, 0) is 32.0 Å². The molecule has 0 saturated heterocycles. The van der Waals surface area contributed by atoms with E-state index in [0.717, 1.165) is 12.1 Å². The van der Waals surface area contributed by atoms with Crippen LogP contribution in [-0.2, 0) is 4.79 Å². The quantitative estimate of drug-likeness (QED) is 0.885. The molecule has 1 aromatic rings. The van der Waals surface area contributed by atoms with Crippen LogP contribution in [0.15, 0.2) is 18.2 Å². The van der Waals surface area contributed by atoms with Gasteiger partial charge in [0.1, 0.15) is 5.82 Å². The first-order valence-corrected chi connectivity index (χ1v) is 5.58. The highest BCUT2D eigenvalue weighted by Gasteiger charge is 2.27. The van der Waals surface area contributed by atoms with Crippen molar-refractivity contribution in [1.29, 1.82) is 0 Å². The van der Waals surface area contributed by atoms with Crippen LogP contribution in [0.25, 0.3) is 0 Å². The van der Waals surface area contributed by atoms with Crippen molar-refractivity contribution >= 4 is 23.5 Å². The van der Waals surface area contributed by atoms with Crippen LogP contribution >= 0.6 is 11.6 Å². The second-order valence-electron chi connectivity index (χ2n) is 4.50. The highest BCUT2D eigenvalue weighted by atomic mass is 35.5. The summed E-state index contributed by atoms with van der Waals surface area (Å²) in [5.74, 6) is -2.09. The molecule has 0 atom stereocenters. The van der Waals surface area contributed by atoms with Gasteiger partial charge in [0.2, 0.25) is 0 Å². The summed E-state index contributed by atoms with van der Waals surface area (Å²) >= 11 is 5.72. The highest BCUT2D eigenvalue weighted by molar-refractivity contribution is 6.33. The van der Waals surface area contributed by atoms with Crippen LogP contribution in [0, 0.1) is 11.2 Å². The Kier molecular flexibility index (Phi) is 4.29. The summed E-state index contributed by atoms with van der Waals surface area (Å²) in [4.78, 5) is 22.6. The third-order valence-electron chi connectivity index (χ3n) is 2.45. The summed E-state index contributed by atoms with van der Waals surface area (Å²) < 4.78 is 12.8. The number of nitrogens with one attached hydrogen (secondary N) is 1. The average molecular weight is 274 g/mol. The lowest BCUT2D eigenvalue weighted by Crippen LogP contribution is -2.39. The first kappa shape index (κ1) is 14.4. The van der Waals surface area contributed by atoms with E-state index in [1.807, 2.05) is 0 Å². The van der Waals surface area contributed by atoms with Crippen molar-refractivity contribution in [2.75, 3.05) is 6.54 Å². The van der Waals surface area contributed by atoms with Gasteiger partial charge in [0.25, 0.3) is 5.91 Å². The van der Waals surface area contributed by atoms with Gasteiger partial charge < -0.3 is 10.4 Å². The number of rotatable bonds is 4. The van der Waals surface area contributed by atoms with E-state index in [9.17, 15) is 14.0 Å². The van der Waals surface area contributed by atoms with Crippen LogP contribution in [0.5, 0.6) is 0 Å². The smallest absolute Gasteiger partial charge is 0.310 e. The SMILES string of the molecule is CC(C)(CNC(=O)c1ccc(F)cc1Cl)C(=O)O.